The molecular weight excluding hydrogens is 216 g/mol. The van der Waals surface area contributed by atoms with Crippen LogP contribution in [0.15, 0.2) is 16.8 Å². The van der Waals surface area contributed by atoms with Crippen LogP contribution in [0, 0.1) is 0 Å². The molecule has 1 N–H and O–H groups in total. The molecule has 0 bridgehead atoms. The SMILES string of the molecule is c1cc(CN(CC2CCCN2)C2CC2)cs1. The third-order valence-electron chi connectivity index (χ3n) is 3.65. The molecule has 0 amide bonds. The Kier molecular flexibility index (Phi) is 3.27. The van der Waals surface area contributed by atoms with Crippen molar-refractivity contribution in [2.75, 3.05) is 13.1 Å². The van der Waals surface area contributed by atoms with Gasteiger partial charge in [-0.05, 0) is 54.6 Å². The van der Waals surface area contributed by atoms with Gasteiger partial charge in [0.25, 0.3) is 0 Å². The zero-order valence-electron chi connectivity index (χ0n) is 9.69. The highest BCUT2D eigenvalue weighted by Gasteiger charge is 2.31. The number of nitrogens with one attached hydrogen (secondary N) is 1. The molecule has 88 valence electrons. The molecule has 1 aliphatic heterocycles. The van der Waals surface area contributed by atoms with Crippen LogP contribution in [0.3, 0.4) is 0 Å². The lowest BCUT2D eigenvalue weighted by molar-refractivity contribution is 0.231. The van der Waals surface area contributed by atoms with Crippen molar-refractivity contribution in [1.29, 1.82) is 0 Å². The molecule has 2 nitrogen and oxygen atoms in total. The molecule has 1 aliphatic carbocycles. The second-order valence-electron chi connectivity index (χ2n) is 5.09. The molecule has 0 spiro atoms. The predicted octanol–water partition coefficient (Wildman–Crippen LogP) is 2.46. The maximum absolute atomic E-state index is 3.61. The highest BCUT2D eigenvalue weighted by Crippen LogP contribution is 2.29. The van der Waals surface area contributed by atoms with Crippen LogP contribution >= 0.6 is 11.3 Å². The molecule has 1 unspecified atom stereocenters. The maximum atomic E-state index is 3.61. The fourth-order valence-electron chi connectivity index (χ4n) is 2.60. The van der Waals surface area contributed by atoms with Gasteiger partial charge in [0.1, 0.15) is 0 Å². The van der Waals surface area contributed by atoms with E-state index in [9.17, 15) is 0 Å². The third kappa shape index (κ3) is 2.65. The van der Waals surface area contributed by atoms with Gasteiger partial charge in [0.15, 0.2) is 0 Å². The van der Waals surface area contributed by atoms with E-state index in [2.05, 4.69) is 27.0 Å². The lowest BCUT2D eigenvalue weighted by Crippen LogP contribution is -2.38. The first-order chi connectivity index (χ1) is 7.92. The predicted molar refractivity (Wildman–Crippen MR) is 68.8 cm³/mol. The van der Waals surface area contributed by atoms with E-state index in [1.165, 1.54) is 44.3 Å². The monoisotopic (exact) mass is 236 g/mol. The number of hydrogen-bond acceptors (Lipinski definition) is 3. The fourth-order valence-corrected chi connectivity index (χ4v) is 3.25. The van der Waals surface area contributed by atoms with Gasteiger partial charge in [-0.15, -0.1) is 0 Å². The zero-order valence-corrected chi connectivity index (χ0v) is 10.5. The Balaban J connectivity index is 1.57. The van der Waals surface area contributed by atoms with Crippen LogP contribution < -0.4 is 5.32 Å². The average molecular weight is 236 g/mol. The molecule has 2 fully saturated rings. The first-order valence-corrected chi connectivity index (χ1v) is 7.34. The third-order valence-corrected chi connectivity index (χ3v) is 4.38. The van der Waals surface area contributed by atoms with Gasteiger partial charge in [-0.25, -0.2) is 0 Å². The lowest BCUT2D eigenvalue weighted by Gasteiger charge is -2.25. The first-order valence-electron chi connectivity index (χ1n) is 6.40. The molecule has 16 heavy (non-hydrogen) atoms. The van der Waals surface area contributed by atoms with Gasteiger partial charge in [0.05, 0.1) is 0 Å². The lowest BCUT2D eigenvalue weighted by atomic mass is 10.2. The minimum absolute atomic E-state index is 0.749. The van der Waals surface area contributed by atoms with Crippen LogP contribution in [-0.2, 0) is 6.54 Å². The van der Waals surface area contributed by atoms with Gasteiger partial charge in [0, 0.05) is 25.2 Å². The van der Waals surface area contributed by atoms with Crippen molar-refractivity contribution in [3.8, 4) is 0 Å². The number of hydrogen-bond donors (Lipinski definition) is 1. The van der Waals surface area contributed by atoms with E-state index in [1.54, 1.807) is 0 Å². The molecule has 0 radical (unpaired) electrons. The summed E-state index contributed by atoms with van der Waals surface area (Å²) in [6.07, 6.45) is 5.56. The van der Waals surface area contributed by atoms with Gasteiger partial charge >= 0.3 is 0 Å². The number of rotatable bonds is 5. The van der Waals surface area contributed by atoms with Crippen LogP contribution in [0.5, 0.6) is 0 Å². The van der Waals surface area contributed by atoms with Gasteiger partial charge in [-0.1, -0.05) is 0 Å². The standard InChI is InChI=1S/C13H20N2S/c1-2-12(14-6-1)9-15(13-3-4-13)8-11-5-7-16-10-11/h5,7,10,12-14H,1-4,6,8-9H2. The Morgan fingerprint density at radius 2 is 2.31 bits per heavy atom. The summed E-state index contributed by atoms with van der Waals surface area (Å²) in [4.78, 5) is 2.69. The Morgan fingerprint density at radius 1 is 1.38 bits per heavy atom. The molecule has 2 heterocycles. The summed E-state index contributed by atoms with van der Waals surface area (Å²) < 4.78 is 0. The minimum atomic E-state index is 0.749. The zero-order chi connectivity index (χ0) is 10.8. The van der Waals surface area contributed by atoms with Crippen molar-refractivity contribution in [3.63, 3.8) is 0 Å². The van der Waals surface area contributed by atoms with Gasteiger partial charge in [-0.2, -0.15) is 11.3 Å². The summed E-state index contributed by atoms with van der Waals surface area (Å²) in [5.74, 6) is 0. The van der Waals surface area contributed by atoms with Gasteiger partial charge < -0.3 is 5.32 Å². The number of thiophene rings is 1. The van der Waals surface area contributed by atoms with Crippen LogP contribution in [0.4, 0.5) is 0 Å². The Bertz CT molecular complexity index is 313. The van der Waals surface area contributed by atoms with Crippen LogP contribution in [0.25, 0.3) is 0 Å². The van der Waals surface area contributed by atoms with E-state index in [0.717, 1.165) is 18.6 Å². The topological polar surface area (TPSA) is 15.3 Å². The summed E-state index contributed by atoms with van der Waals surface area (Å²) >= 11 is 1.81. The summed E-state index contributed by atoms with van der Waals surface area (Å²) in [5.41, 5.74) is 1.50. The summed E-state index contributed by atoms with van der Waals surface area (Å²) in [6.45, 7) is 3.63. The summed E-state index contributed by atoms with van der Waals surface area (Å²) in [7, 11) is 0. The second-order valence-corrected chi connectivity index (χ2v) is 5.87. The summed E-state index contributed by atoms with van der Waals surface area (Å²) in [6, 6.07) is 3.89. The van der Waals surface area contributed by atoms with Crippen LogP contribution in [0.2, 0.25) is 0 Å². The molecule has 3 rings (SSSR count). The number of nitrogens with zero attached hydrogens (tertiary/aromatic N) is 1. The molecule has 3 heteroatoms. The van der Waals surface area contributed by atoms with Crippen LogP contribution in [-0.4, -0.2) is 30.1 Å². The quantitative estimate of drug-likeness (QED) is 0.845. The van der Waals surface area contributed by atoms with E-state index in [0.29, 0.717) is 0 Å². The van der Waals surface area contributed by atoms with Crippen LogP contribution in [0.1, 0.15) is 31.2 Å². The van der Waals surface area contributed by atoms with E-state index in [1.807, 2.05) is 11.3 Å². The molecule has 1 saturated heterocycles. The minimum Gasteiger partial charge on any atom is -0.313 e. The second kappa shape index (κ2) is 4.86. The molecule has 2 aliphatic rings. The normalized spacial score (nSPS) is 25.4. The highest BCUT2D eigenvalue weighted by molar-refractivity contribution is 7.07. The smallest absolute Gasteiger partial charge is 0.0245 e. The largest absolute Gasteiger partial charge is 0.313 e. The van der Waals surface area contributed by atoms with Crippen molar-refractivity contribution < 1.29 is 0 Å². The first kappa shape index (κ1) is 10.8. The van der Waals surface area contributed by atoms with Crippen molar-refractivity contribution in [3.05, 3.63) is 22.4 Å². The Morgan fingerprint density at radius 3 is 2.94 bits per heavy atom. The van der Waals surface area contributed by atoms with Gasteiger partial charge in [0.2, 0.25) is 0 Å². The highest BCUT2D eigenvalue weighted by atomic mass is 32.1. The van der Waals surface area contributed by atoms with Crippen molar-refractivity contribution in [2.45, 2.75) is 44.3 Å². The summed E-state index contributed by atoms with van der Waals surface area (Å²) in [5, 5.41) is 8.09. The maximum Gasteiger partial charge on any atom is 0.0245 e. The van der Waals surface area contributed by atoms with E-state index < -0.39 is 0 Å². The van der Waals surface area contributed by atoms with Crippen molar-refractivity contribution >= 4 is 11.3 Å². The molecule has 1 aromatic rings. The molecular formula is C13H20N2S. The van der Waals surface area contributed by atoms with Crippen molar-refractivity contribution in [2.24, 2.45) is 0 Å². The molecule has 0 aromatic carbocycles. The molecule has 1 saturated carbocycles. The average Bonchev–Trinajstić information content (AvgIpc) is 2.79. The Labute approximate surface area is 102 Å². The van der Waals surface area contributed by atoms with Gasteiger partial charge in [-0.3, -0.25) is 4.90 Å². The van der Waals surface area contributed by atoms with Crippen molar-refractivity contribution in [1.82, 2.24) is 10.2 Å². The Hall–Kier alpha value is -0.380. The van der Waals surface area contributed by atoms with E-state index >= 15 is 0 Å². The molecule has 1 atom stereocenters. The fraction of sp³-hybridized carbons (Fsp3) is 0.692. The van der Waals surface area contributed by atoms with E-state index in [4.69, 9.17) is 0 Å². The van der Waals surface area contributed by atoms with E-state index in [-0.39, 0.29) is 0 Å². The molecule has 1 aromatic heterocycles.